The summed E-state index contributed by atoms with van der Waals surface area (Å²) in [5, 5.41) is 6.34. The minimum Gasteiger partial charge on any atom is -0.496 e. The molecule has 0 saturated heterocycles. The molecule has 1 aromatic rings. The van der Waals surface area contributed by atoms with E-state index in [1.54, 1.807) is 7.11 Å². The van der Waals surface area contributed by atoms with Crippen molar-refractivity contribution >= 4 is 21.8 Å². The van der Waals surface area contributed by atoms with Crippen LogP contribution in [0.3, 0.4) is 0 Å². The Bertz CT molecular complexity index is 461. The van der Waals surface area contributed by atoms with Gasteiger partial charge >= 0.3 is 0 Å². The highest BCUT2D eigenvalue weighted by atomic mass is 79.9. The van der Waals surface area contributed by atoms with Gasteiger partial charge in [-0.25, -0.2) is 0 Å². The van der Waals surface area contributed by atoms with E-state index in [0.717, 1.165) is 42.6 Å². The molecule has 110 valence electrons. The monoisotopic (exact) mass is 340 g/mol. The Labute approximate surface area is 128 Å². The van der Waals surface area contributed by atoms with Crippen LogP contribution in [0.25, 0.3) is 0 Å². The fourth-order valence-electron chi connectivity index (χ4n) is 1.95. The molecule has 1 amide bonds. The van der Waals surface area contributed by atoms with Crippen molar-refractivity contribution in [2.24, 2.45) is 0 Å². The van der Waals surface area contributed by atoms with E-state index in [4.69, 9.17) is 4.74 Å². The van der Waals surface area contributed by atoms with E-state index in [0.29, 0.717) is 12.5 Å². The number of hydrogen-bond donors (Lipinski definition) is 2. The Kier molecular flexibility index (Phi) is 5.86. The molecule has 5 heteroatoms. The summed E-state index contributed by atoms with van der Waals surface area (Å²) < 4.78 is 6.16. The van der Waals surface area contributed by atoms with Crippen molar-refractivity contribution in [3.63, 3.8) is 0 Å². The highest BCUT2D eigenvalue weighted by Crippen LogP contribution is 2.25. The number of amides is 1. The fourth-order valence-corrected chi connectivity index (χ4v) is 2.54. The lowest BCUT2D eigenvalue weighted by Crippen LogP contribution is -2.26. The van der Waals surface area contributed by atoms with E-state index in [-0.39, 0.29) is 5.91 Å². The van der Waals surface area contributed by atoms with E-state index < -0.39 is 0 Å². The van der Waals surface area contributed by atoms with Crippen molar-refractivity contribution in [2.75, 3.05) is 13.7 Å². The Balaban J connectivity index is 1.60. The number of rotatable bonds is 8. The van der Waals surface area contributed by atoms with Crippen LogP contribution in [0.1, 0.15) is 31.2 Å². The van der Waals surface area contributed by atoms with Gasteiger partial charge in [0.2, 0.25) is 5.91 Å². The summed E-state index contributed by atoms with van der Waals surface area (Å²) in [6.07, 6.45) is 3.78. The van der Waals surface area contributed by atoms with E-state index in [1.165, 1.54) is 5.56 Å². The van der Waals surface area contributed by atoms with Gasteiger partial charge in [0, 0.05) is 19.0 Å². The summed E-state index contributed by atoms with van der Waals surface area (Å²) in [5.74, 6) is 1.02. The number of carbonyl (C=O) groups excluding carboxylic acids is 1. The normalized spacial score (nSPS) is 14.1. The lowest BCUT2D eigenvalue weighted by Gasteiger charge is -2.08. The minimum absolute atomic E-state index is 0.182. The number of hydrogen-bond acceptors (Lipinski definition) is 3. The van der Waals surface area contributed by atoms with Gasteiger partial charge in [-0.3, -0.25) is 4.79 Å². The molecule has 0 atom stereocenters. The molecule has 4 nitrogen and oxygen atoms in total. The second-order valence-corrected chi connectivity index (χ2v) is 5.95. The first-order valence-electron chi connectivity index (χ1n) is 7.01. The number of halogens is 1. The number of ether oxygens (including phenoxy) is 1. The van der Waals surface area contributed by atoms with Crippen LogP contribution in [0, 0.1) is 0 Å². The molecule has 1 aromatic carbocycles. The molecular weight excluding hydrogens is 320 g/mol. The number of nitrogens with one attached hydrogen (secondary N) is 2. The first-order valence-corrected chi connectivity index (χ1v) is 7.81. The van der Waals surface area contributed by atoms with Crippen LogP contribution in [-0.2, 0) is 11.3 Å². The molecule has 0 aromatic heterocycles. The van der Waals surface area contributed by atoms with E-state index in [9.17, 15) is 4.79 Å². The largest absolute Gasteiger partial charge is 0.496 e. The van der Waals surface area contributed by atoms with Crippen molar-refractivity contribution in [1.82, 2.24) is 10.6 Å². The van der Waals surface area contributed by atoms with Crippen molar-refractivity contribution in [3.05, 3.63) is 28.2 Å². The highest BCUT2D eigenvalue weighted by Gasteiger charge is 2.22. The maximum Gasteiger partial charge on any atom is 0.220 e. The van der Waals surface area contributed by atoms with E-state index in [2.05, 4.69) is 26.6 Å². The summed E-state index contributed by atoms with van der Waals surface area (Å²) in [6, 6.07) is 6.50. The zero-order chi connectivity index (χ0) is 14.4. The first kappa shape index (κ1) is 15.3. The number of benzene rings is 1. The van der Waals surface area contributed by atoms with Gasteiger partial charge in [-0.2, -0.15) is 0 Å². The summed E-state index contributed by atoms with van der Waals surface area (Å²) in [5.41, 5.74) is 1.19. The average Bonchev–Trinajstić information content (AvgIpc) is 3.22. The van der Waals surface area contributed by atoms with Gasteiger partial charge in [0.15, 0.2) is 0 Å². The van der Waals surface area contributed by atoms with Crippen LogP contribution in [0.15, 0.2) is 22.7 Å². The van der Waals surface area contributed by atoms with E-state index >= 15 is 0 Å². The quantitative estimate of drug-likeness (QED) is 0.715. The third-order valence-electron chi connectivity index (χ3n) is 3.25. The second-order valence-electron chi connectivity index (χ2n) is 5.09. The van der Waals surface area contributed by atoms with Crippen LogP contribution < -0.4 is 15.4 Å². The van der Waals surface area contributed by atoms with Crippen molar-refractivity contribution in [2.45, 2.75) is 38.3 Å². The molecule has 0 bridgehead atoms. The summed E-state index contributed by atoms with van der Waals surface area (Å²) >= 11 is 3.47. The van der Waals surface area contributed by atoms with Crippen molar-refractivity contribution in [1.29, 1.82) is 0 Å². The highest BCUT2D eigenvalue weighted by molar-refractivity contribution is 9.10. The zero-order valence-electron chi connectivity index (χ0n) is 11.7. The molecular formula is C15H21BrN2O2. The Morgan fingerprint density at radius 2 is 2.25 bits per heavy atom. The summed E-state index contributed by atoms with van der Waals surface area (Å²) in [4.78, 5) is 11.5. The minimum atomic E-state index is 0.182. The van der Waals surface area contributed by atoms with E-state index in [1.807, 2.05) is 18.2 Å². The van der Waals surface area contributed by atoms with Crippen LogP contribution in [0.5, 0.6) is 5.75 Å². The fraction of sp³-hybridized carbons (Fsp3) is 0.533. The topological polar surface area (TPSA) is 50.4 Å². The molecule has 0 aliphatic heterocycles. The molecule has 1 aliphatic carbocycles. The summed E-state index contributed by atoms with van der Waals surface area (Å²) in [7, 11) is 1.66. The molecule has 20 heavy (non-hydrogen) atoms. The Hall–Kier alpha value is -1.07. The molecule has 0 unspecified atom stereocenters. The van der Waals surface area contributed by atoms with Gasteiger partial charge < -0.3 is 15.4 Å². The lowest BCUT2D eigenvalue weighted by molar-refractivity contribution is -0.121. The van der Waals surface area contributed by atoms with Gasteiger partial charge in [0.25, 0.3) is 0 Å². The standard InChI is InChI=1S/C15H21BrN2O2/c1-20-14-7-4-11(9-13(14)16)10-17-8-2-3-15(19)18-12-5-6-12/h4,7,9,12,17H,2-3,5-6,8,10H2,1H3,(H,18,19). The first-order chi connectivity index (χ1) is 9.69. The third-order valence-corrected chi connectivity index (χ3v) is 3.86. The molecule has 2 N–H and O–H groups in total. The predicted molar refractivity (Wildman–Crippen MR) is 82.8 cm³/mol. The van der Waals surface area contributed by atoms with Crippen molar-refractivity contribution in [3.8, 4) is 5.75 Å². The van der Waals surface area contributed by atoms with Gasteiger partial charge in [0.05, 0.1) is 11.6 Å². The number of carbonyl (C=O) groups is 1. The van der Waals surface area contributed by atoms with Crippen LogP contribution in [-0.4, -0.2) is 25.6 Å². The van der Waals surface area contributed by atoms with Crippen LogP contribution in [0.2, 0.25) is 0 Å². The second kappa shape index (κ2) is 7.64. The molecule has 0 spiro atoms. The molecule has 1 fully saturated rings. The molecule has 1 saturated carbocycles. The lowest BCUT2D eigenvalue weighted by atomic mass is 10.2. The van der Waals surface area contributed by atoms with Crippen LogP contribution in [0.4, 0.5) is 0 Å². The molecule has 0 heterocycles. The van der Waals surface area contributed by atoms with Gasteiger partial charge in [-0.15, -0.1) is 0 Å². The maximum atomic E-state index is 11.5. The zero-order valence-corrected chi connectivity index (χ0v) is 13.3. The Morgan fingerprint density at radius 1 is 1.45 bits per heavy atom. The van der Waals surface area contributed by atoms with Gasteiger partial charge in [0.1, 0.15) is 5.75 Å². The molecule has 0 radical (unpaired) electrons. The maximum absolute atomic E-state index is 11.5. The predicted octanol–water partition coefficient (Wildman–Crippen LogP) is 2.61. The summed E-state index contributed by atoms with van der Waals surface area (Å²) in [6.45, 7) is 1.65. The van der Waals surface area contributed by atoms with Gasteiger partial charge in [-0.05, 0) is 59.4 Å². The third kappa shape index (κ3) is 5.13. The van der Waals surface area contributed by atoms with Gasteiger partial charge in [-0.1, -0.05) is 6.07 Å². The molecule has 1 aliphatic rings. The molecule has 2 rings (SSSR count). The Morgan fingerprint density at radius 3 is 2.90 bits per heavy atom. The smallest absolute Gasteiger partial charge is 0.220 e. The number of methoxy groups -OCH3 is 1. The van der Waals surface area contributed by atoms with Crippen molar-refractivity contribution < 1.29 is 9.53 Å². The van der Waals surface area contributed by atoms with Crippen LogP contribution >= 0.6 is 15.9 Å². The average molecular weight is 341 g/mol. The SMILES string of the molecule is COc1ccc(CNCCCC(=O)NC2CC2)cc1Br.